The molecule has 2 aromatic carbocycles. The first kappa shape index (κ1) is 29.2. The summed E-state index contributed by atoms with van der Waals surface area (Å²) in [6, 6.07) is 17.3. The van der Waals surface area contributed by atoms with Crippen LogP contribution in [0.2, 0.25) is 5.02 Å². The number of carboxylic acid groups (broad SMARTS) is 1. The van der Waals surface area contributed by atoms with E-state index in [4.69, 9.17) is 21.1 Å². The zero-order valence-corrected chi connectivity index (χ0v) is 25.4. The fourth-order valence-electron chi connectivity index (χ4n) is 6.44. The minimum atomic E-state index is -1.03. The maximum absolute atomic E-state index is 12.0. The van der Waals surface area contributed by atoms with Gasteiger partial charge in [0, 0.05) is 68.2 Å². The van der Waals surface area contributed by atoms with Gasteiger partial charge in [-0.15, -0.1) is 0 Å². The van der Waals surface area contributed by atoms with Gasteiger partial charge in [0.15, 0.2) is 0 Å². The van der Waals surface area contributed by atoms with Gasteiger partial charge in [-0.1, -0.05) is 36.2 Å². The number of nitrogens with zero attached hydrogens (tertiary/aromatic N) is 3. The number of fused-ring (bicyclic) bond motifs is 1. The molecule has 0 radical (unpaired) electrons. The predicted molar refractivity (Wildman–Crippen MR) is 170 cm³/mol. The molecule has 3 heterocycles. The van der Waals surface area contributed by atoms with Crippen LogP contribution in [0.3, 0.4) is 0 Å². The van der Waals surface area contributed by atoms with Crippen molar-refractivity contribution in [2.24, 2.45) is 5.41 Å². The van der Waals surface area contributed by atoms with Gasteiger partial charge in [0.2, 0.25) is 0 Å². The second-order valence-electron chi connectivity index (χ2n) is 11.9. The van der Waals surface area contributed by atoms with Crippen molar-refractivity contribution in [1.29, 1.82) is 0 Å². The highest BCUT2D eigenvalue weighted by atomic mass is 35.5. The SMILES string of the molecule is COCC1(C)CCC(c2ccc(Cl)cc2)=C(CN2CCN(c3ccc(C(=O)O)c(Oc4cnc5[nH]ccc5c4)c3)CC2)C1. The Kier molecular flexibility index (Phi) is 8.43. The Bertz CT molecular complexity index is 1640. The van der Waals surface area contributed by atoms with Crippen LogP contribution in [0.5, 0.6) is 11.5 Å². The molecule has 0 amide bonds. The Morgan fingerprint density at radius 2 is 1.88 bits per heavy atom. The van der Waals surface area contributed by atoms with Crippen molar-refractivity contribution in [2.75, 3.05) is 51.3 Å². The first-order valence-corrected chi connectivity index (χ1v) is 15.1. The van der Waals surface area contributed by atoms with Crippen LogP contribution in [0.1, 0.15) is 42.1 Å². The molecule has 0 bridgehead atoms. The summed E-state index contributed by atoms with van der Waals surface area (Å²) in [4.78, 5) is 24.2. The third kappa shape index (κ3) is 6.56. The lowest BCUT2D eigenvalue weighted by Gasteiger charge is -2.40. The molecule has 9 heteroatoms. The van der Waals surface area contributed by atoms with Gasteiger partial charge in [0.25, 0.3) is 0 Å². The van der Waals surface area contributed by atoms with Gasteiger partial charge in [0.05, 0.1) is 12.8 Å². The van der Waals surface area contributed by atoms with E-state index in [-0.39, 0.29) is 11.0 Å². The molecule has 6 rings (SSSR count). The lowest BCUT2D eigenvalue weighted by atomic mass is 9.72. The Balaban J connectivity index is 1.17. The van der Waals surface area contributed by atoms with Gasteiger partial charge < -0.3 is 24.5 Å². The highest BCUT2D eigenvalue weighted by Gasteiger charge is 2.33. The molecule has 43 heavy (non-hydrogen) atoms. The number of benzene rings is 2. The molecule has 1 atom stereocenters. The second kappa shape index (κ2) is 12.4. The summed E-state index contributed by atoms with van der Waals surface area (Å²) in [7, 11) is 1.79. The summed E-state index contributed by atoms with van der Waals surface area (Å²) >= 11 is 6.20. The first-order chi connectivity index (χ1) is 20.8. The van der Waals surface area contributed by atoms with E-state index >= 15 is 0 Å². The summed E-state index contributed by atoms with van der Waals surface area (Å²) in [6.07, 6.45) is 6.56. The molecule has 0 saturated carbocycles. The number of anilines is 1. The zero-order valence-electron chi connectivity index (χ0n) is 24.6. The van der Waals surface area contributed by atoms with E-state index in [9.17, 15) is 9.90 Å². The topological polar surface area (TPSA) is 90.9 Å². The van der Waals surface area contributed by atoms with Crippen LogP contribution in [0.4, 0.5) is 5.69 Å². The third-order valence-corrected chi connectivity index (χ3v) is 8.93. The number of halogens is 1. The number of carboxylic acids is 1. The Labute approximate surface area is 256 Å². The van der Waals surface area contributed by atoms with Gasteiger partial charge >= 0.3 is 5.97 Å². The van der Waals surface area contributed by atoms with E-state index in [0.29, 0.717) is 11.5 Å². The monoisotopic (exact) mass is 600 g/mol. The average Bonchev–Trinajstić information content (AvgIpc) is 3.46. The number of rotatable bonds is 9. The largest absolute Gasteiger partial charge is 0.478 e. The molecule has 1 aliphatic heterocycles. The standard InChI is InChI=1S/C34H37ClN4O4/c1-34(22-42-2)11-9-29(23-3-5-26(35)6-4-23)25(19-34)21-38-13-15-39(16-14-38)27-7-8-30(33(40)41)31(18-27)43-28-17-24-10-12-36-32(24)37-20-28/h3-8,10,12,17-18,20H,9,11,13-16,19,21-22H2,1-2H3,(H,36,37)(H,40,41). The third-order valence-electron chi connectivity index (χ3n) is 8.68. The molecule has 2 aromatic heterocycles. The fraction of sp³-hybridized carbons (Fsp3) is 0.353. The minimum Gasteiger partial charge on any atom is -0.478 e. The molecule has 2 aliphatic rings. The normalized spacial score (nSPS) is 19.7. The highest BCUT2D eigenvalue weighted by molar-refractivity contribution is 6.30. The lowest BCUT2D eigenvalue weighted by molar-refractivity contribution is 0.0694. The van der Waals surface area contributed by atoms with Crippen molar-refractivity contribution in [3.05, 3.63) is 88.7 Å². The Hall–Kier alpha value is -3.85. The number of piperazine rings is 1. The van der Waals surface area contributed by atoms with Crippen molar-refractivity contribution in [3.63, 3.8) is 0 Å². The van der Waals surface area contributed by atoms with E-state index in [1.807, 2.05) is 42.6 Å². The number of pyridine rings is 1. The van der Waals surface area contributed by atoms with Crippen molar-refractivity contribution >= 4 is 39.9 Å². The van der Waals surface area contributed by atoms with E-state index < -0.39 is 5.97 Å². The molecule has 224 valence electrons. The predicted octanol–water partition coefficient (Wildman–Crippen LogP) is 7.12. The molecule has 1 saturated heterocycles. The molecular weight excluding hydrogens is 564 g/mol. The number of aromatic amines is 1. The Morgan fingerprint density at radius 3 is 2.63 bits per heavy atom. The molecule has 1 unspecified atom stereocenters. The molecule has 2 N–H and O–H groups in total. The van der Waals surface area contributed by atoms with Gasteiger partial charge in [0.1, 0.15) is 22.7 Å². The number of aromatic carboxylic acids is 1. The smallest absolute Gasteiger partial charge is 0.339 e. The van der Waals surface area contributed by atoms with E-state index in [1.165, 1.54) is 16.7 Å². The van der Waals surface area contributed by atoms with Crippen molar-refractivity contribution in [2.45, 2.75) is 26.2 Å². The first-order valence-electron chi connectivity index (χ1n) is 14.7. The summed E-state index contributed by atoms with van der Waals surface area (Å²) in [5, 5.41) is 11.5. The van der Waals surface area contributed by atoms with Crippen molar-refractivity contribution < 1.29 is 19.4 Å². The number of hydrogen-bond acceptors (Lipinski definition) is 6. The lowest BCUT2D eigenvalue weighted by Crippen LogP contribution is -2.47. The van der Waals surface area contributed by atoms with Crippen molar-refractivity contribution in [3.8, 4) is 11.5 Å². The number of ether oxygens (including phenoxy) is 2. The van der Waals surface area contributed by atoms with E-state index in [2.05, 4.69) is 38.8 Å². The fourth-order valence-corrected chi connectivity index (χ4v) is 6.57. The maximum atomic E-state index is 12.0. The van der Waals surface area contributed by atoms with Crippen LogP contribution < -0.4 is 9.64 Å². The summed E-state index contributed by atoms with van der Waals surface area (Å²) < 4.78 is 11.7. The molecule has 8 nitrogen and oxygen atoms in total. The van der Waals surface area contributed by atoms with Gasteiger partial charge in [-0.25, -0.2) is 9.78 Å². The van der Waals surface area contributed by atoms with E-state index in [0.717, 1.165) is 80.3 Å². The van der Waals surface area contributed by atoms with Crippen LogP contribution in [-0.2, 0) is 4.74 Å². The number of aromatic nitrogens is 2. The molecule has 1 fully saturated rings. The van der Waals surface area contributed by atoms with Crippen molar-refractivity contribution in [1.82, 2.24) is 14.9 Å². The van der Waals surface area contributed by atoms with Gasteiger partial charge in [-0.05, 0) is 72.2 Å². The maximum Gasteiger partial charge on any atom is 0.339 e. The number of nitrogens with one attached hydrogen (secondary N) is 1. The number of methoxy groups -OCH3 is 1. The van der Waals surface area contributed by atoms with Crippen LogP contribution in [0, 0.1) is 5.41 Å². The second-order valence-corrected chi connectivity index (χ2v) is 12.4. The zero-order chi connectivity index (χ0) is 30.0. The number of allylic oxidation sites excluding steroid dienone is 1. The quantitative estimate of drug-likeness (QED) is 0.211. The van der Waals surface area contributed by atoms with Gasteiger partial charge in [-0.2, -0.15) is 0 Å². The molecular formula is C34H37ClN4O4. The average molecular weight is 601 g/mol. The van der Waals surface area contributed by atoms with Crippen LogP contribution >= 0.6 is 11.6 Å². The van der Waals surface area contributed by atoms with Crippen LogP contribution in [0.15, 0.2) is 72.6 Å². The summed E-state index contributed by atoms with van der Waals surface area (Å²) in [6.45, 7) is 7.49. The number of hydrogen-bond donors (Lipinski definition) is 2. The molecule has 4 aromatic rings. The highest BCUT2D eigenvalue weighted by Crippen LogP contribution is 2.43. The summed E-state index contributed by atoms with van der Waals surface area (Å²) in [5.41, 5.74) is 6.13. The van der Waals surface area contributed by atoms with E-state index in [1.54, 1.807) is 19.4 Å². The van der Waals surface area contributed by atoms with Crippen LogP contribution in [0.25, 0.3) is 16.6 Å². The number of H-pyrrole nitrogens is 1. The molecule has 1 aliphatic carbocycles. The number of carbonyl (C=O) groups is 1. The van der Waals surface area contributed by atoms with Crippen LogP contribution in [-0.4, -0.2) is 72.4 Å². The molecule has 0 spiro atoms. The van der Waals surface area contributed by atoms with Gasteiger partial charge in [-0.3, -0.25) is 4.90 Å². The summed E-state index contributed by atoms with van der Waals surface area (Å²) in [5.74, 6) is -0.226. The minimum absolute atomic E-state index is 0.120. The Morgan fingerprint density at radius 1 is 1.09 bits per heavy atom.